The van der Waals surface area contributed by atoms with E-state index in [0.29, 0.717) is 5.41 Å². The van der Waals surface area contributed by atoms with E-state index in [2.05, 4.69) is 6.08 Å². The zero-order valence-electron chi connectivity index (χ0n) is 4.96. The SMILES string of the molecule is [N-]=[N+]1C2=C1C1(C=C2)CC1. The maximum Gasteiger partial charge on any atom is 0.267 e. The lowest BCUT2D eigenvalue weighted by Crippen LogP contribution is -1.95. The van der Waals surface area contributed by atoms with E-state index in [1.165, 1.54) is 23.2 Å². The van der Waals surface area contributed by atoms with Crippen molar-refractivity contribution in [1.29, 1.82) is 0 Å². The molecular formula is C7H6N2. The third-order valence-corrected chi connectivity index (χ3v) is 2.45. The molecule has 1 spiro atoms. The fraction of sp³-hybridized carbons (Fsp3) is 0.429. The molecule has 2 aliphatic carbocycles. The first-order chi connectivity index (χ1) is 4.33. The minimum atomic E-state index is 0.323. The summed E-state index contributed by atoms with van der Waals surface area (Å²) in [5, 5.41) is 0. The van der Waals surface area contributed by atoms with Crippen LogP contribution in [0.5, 0.6) is 0 Å². The Morgan fingerprint density at radius 3 is 2.67 bits per heavy atom. The van der Waals surface area contributed by atoms with Crippen molar-refractivity contribution in [1.82, 2.24) is 0 Å². The molecule has 2 heteroatoms. The molecule has 1 aliphatic heterocycles. The molecule has 2 nitrogen and oxygen atoms in total. The molecule has 3 aliphatic rings. The predicted molar refractivity (Wildman–Crippen MR) is 31.5 cm³/mol. The quantitative estimate of drug-likeness (QED) is 0.432. The first-order valence-electron chi connectivity index (χ1n) is 3.27. The van der Waals surface area contributed by atoms with Crippen molar-refractivity contribution in [3.63, 3.8) is 0 Å². The van der Waals surface area contributed by atoms with Crippen molar-refractivity contribution in [2.45, 2.75) is 12.8 Å². The van der Waals surface area contributed by atoms with Crippen molar-refractivity contribution < 1.29 is 4.70 Å². The summed E-state index contributed by atoms with van der Waals surface area (Å²) in [5.41, 5.74) is 11.6. The van der Waals surface area contributed by atoms with Crippen LogP contribution < -0.4 is 0 Å². The van der Waals surface area contributed by atoms with Gasteiger partial charge >= 0.3 is 0 Å². The summed E-state index contributed by atoms with van der Waals surface area (Å²) < 4.78 is 1.31. The Morgan fingerprint density at radius 1 is 1.56 bits per heavy atom. The highest BCUT2D eigenvalue weighted by atomic mass is 15.3. The van der Waals surface area contributed by atoms with Gasteiger partial charge in [-0.3, -0.25) is 0 Å². The summed E-state index contributed by atoms with van der Waals surface area (Å²) in [6.45, 7) is 0. The Balaban J connectivity index is 2.22. The minimum Gasteiger partial charge on any atom is -0.493 e. The first-order valence-corrected chi connectivity index (χ1v) is 3.27. The molecule has 0 aromatic carbocycles. The number of nitrogens with zero attached hydrogens (tertiary/aromatic N) is 2. The standard InChI is InChI=1S/C7H6N2/c8-9-5-1-2-7(3-4-7)6(5)9/h1-2H,3-4H2. The van der Waals surface area contributed by atoms with Crippen LogP contribution in [0.2, 0.25) is 0 Å². The van der Waals surface area contributed by atoms with E-state index < -0.39 is 0 Å². The van der Waals surface area contributed by atoms with Crippen molar-refractivity contribution in [3.8, 4) is 0 Å². The fourth-order valence-electron chi connectivity index (χ4n) is 1.64. The Hall–Kier alpha value is -0.920. The second kappa shape index (κ2) is 0.801. The van der Waals surface area contributed by atoms with E-state index in [-0.39, 0.29) is 0 Å². The van der Waals surface area contributed by atoms with Crippen LogP contribution >= 0.6 is 0 Å². The van der Waals surface area contributed by atoms with E-state index in [1.807, 2.05) is 6.08 Å². The van der Waals surface area contributed by atoms with E-state index in [1.54, 1.807) is 0 Å². The monoisotopic (exact) mass is 118 g/mol. The van der Waals surface area contributed by atoms with E-state index in [4.69, 9.17) is 5.53 Å². The van der Waals surface area contributed by atoms with Crippen LogP contribution in [0.1, 0.15) is 12.8 Å². The lowest BCUT2D eigenvalue weighted by molar-refractivity contribution is -0.355. The van der Waals surface area contributed by atoms with Gasteiger partial charge in [0.1, 0.15) is 0 Å². The Bertz CT molecular complexity index is 279. The molecular weight excluding hydrogens is 112 g/mol. The van der Waals surface area contributed by atoms with Gasteiger partial charge in [0.15, 0.2) is 0 Å². The molecule has 44 valence electrons. The van der Waals surface area contributed by atoms with Crippen LogP contribution in [0.4, 0.5) is 0 Å². The maximum atomic E-state index is 9.03. The largest absolute Gasteiger partial charge is 0.493 e. The molecule has 0 N–H and O–H groups in total. The Morgan fingerprint density at radius 2 is 2.33 bits per heavy atom. The third kappa shape index (κ3) is 0.269. The fourth-order valence-corrected chi connectivity index (χ4v) is 1.64. The van der Waals surface area contributed by atoms with Gasteiger partial charge in [0.05, 0.1) is 5.41 Å². The van der Waals surface area contributed by atoms with Gasteiger partial charge in [0.25, 0.3) is 11.4 Å². The molecule has 1 saturated carbocycles. The van der Waals surface area contributed by atoms with Gasteiger partial charge in [0, 0.05) is 6.08 Å². The molecule has 3 rings (SSSR count). The molecule has 0 unspecified atom stereocenters. The van der Waals surface area contributed by atoms with Gasteiger partial charge < -0.3 is 5.53 Å². The molecule has 0 radical (unpaired) electrons. The van der Waals surface area contributed by atoms with Crippen LogP contribution in [-0.4, -0.2) is 4.70 Å². The summed E-state index contributed by atoms with van der Waals surface area (Å²) in [5.74, 6) is 0. The van der Waals surface area contributed by atoms with Gasteiger partial charge in [-0.25, -0.2) is 4.70 Å². The van der Waals surface area contributed by atoms with Gasteiger partial charge in [-0.15, -0.1) is 0 Å². The number of fused-ring (bicyclic) bond motifs is 1. The summed E-state index contributed by atoms with van der Waals surface area (Å²) in [6, 6.07) is 0. The zero-order chi connectivity index (χ0) is 6.06. The van der Waals surface area contributed by atoms with E-state index in [0.717, 1.165) is 5.70 Å². The molecule has 0 atom stereocenters. The zero-order valence-corrected chi connectivity index (χ0v) is 4.96. The molecule has 1 heterocycles. The number of hydrogen-bond acceptors (Lipinski definition) is 0. The highest BCUT2D eigenvalue weighted by molar-refractivity contribution is 5.46. The molecule has 0 saturated heterocycles. The Labute approximate surface area is 53.0 Å². The summed E-state index contributed by atoms with van der Waals surface area (Å²) >= 11 is 0. The lowest BCUT2D eigenvalue weighted by atomic mass is 10.1. The van der Waals surface area contributed by atoms with Crippen molar-refractivity contribution in [2.24, 2.45) is 5.41 Å². The summed E-state index contributed by atoms with van der Waals surface area (Å²) in [6.07, 6.45) is 6.70. The van der Waals surface area contributed by atoms with Gasteiger partial charge in [-0.2, -0.15) is 0 Å². The molecule has 0 amide bonds. The average Bonchev–Trinajstić information content (AvgIpc) is 2.55. The summed E-state index contributed by atoms with van der Waals surface area (Å²) in [7, 11) is 0. The van der Waals surface area contributed by atoms with E-state index >= 15 is 0 Å². The molecule has 0 bridgehead atoms. The minimum absolute atomic E-state index is 0.323. The number of hydrogen-bond donors (Lipinski definition) is 0. The summed E-state index contributed by atoms with van der Waals surface area (Å²) in [4.78, 5) is 0. The third-order valence-electron chi connectivity index (χ3n) is 2.45. The number of allylic oxidation sites excluding steroid dienone is 2. The van der Waals surface area contributed by atoms with Crippen molar-refractivity contribution >= 4 is 0 Å². The lowest BCUT2D eigenvalue weighted by Gasteiger charge is -1.95. The van der Waals surface area contributed by atoms with Crippen LogP contribution in [0.15, 0.2) is 23.5 Å². The van der Waals surface area contributed by atoms with Crippen LogP contribution in [0.25, 0.3) is 5.53 Å². The van der Waals surface area contributed by atoms with E-state index in [9.17, 15) is 0 Å². The van der Waals surface area contributed by atoms with Crippen LogP contribution in [-0.2, 0) is 0 Å². The normalized spacial score (nSPS) is 31.8. The molecule has 0 aromatic rings. The second-order valence-electron chi connectivity index (χ2n) is 3.04. The molecule has 0 aromatic heterocycles. The average molecular weight is 118 g/mol. The second-order valence-corrected chi connectivity index (χ2v) is 3.04. The van der Waals surface area contributed by atoms with Gasteiger partial charge in [-0.05, 0) is 12.8 Å². The predicted octanol–water partition coefficient (Wildman–Crippen LogP) is 1.60. The smallest absolute Gasteiger partial charge is 0.267 e. The van der Waals surface area contributed by atoms with Gasteiger partial charge in [0.2, 0.25) is 0 Å². The molecule has 9 heavy (non-hydrogen) atoms. The van der Waals surface area contributed by atoms with Gasteiger partial charge in [-0.1, -0.05) is 6.08 Å². The van der Waals surface area contributed by atoms with Crippen molar-refractivity contribution in [3.05, 3.63) is 29.1 Å². The maximum absolute atomic E-state index is 9.03. The number of rotatable bonds is 0. The van der Waals surface area contributed by atoms with Crippen LogP contribution in [0.3, 0.4) is 0 Å². The highest BCUT2D eigenvalue weighted by Crippen LogP contribution is 2.63. The topological polar surface area (TPSA) is 25.3 Å². The van der Waals surface area contributed by atoms with Crippen molar-refractivity contribution in [2.75, 3.05) is 0 Å². The molecule has 1 fully saturated rings. The first kappa shape index (κ1) is 3.99. The Kier molecular flexibility index (Phi) is 0.355. The highest BCUT2D eigenvalue weighted by Gasteiger charge is 2.62. The van der Waals surface area contributed by atoms with Crippen LogP contribution in [0, 0.1) is 5.41 Å².